The monoisotopic (exact) mass is 438 g/mol. The van der Waals surface area contributed by atoms with Gasteiger partial charge in [-0.2, -0.15) is 13.2 Å². The van der Waals surface area contributed by atoms with Crippen molar-refractivity contribution in [1.29, 1.82) is 0 Å². The summed E-state index contributed by atoms with van der Waals surface area (Å²) in [5.74, 6) is -0.175. The number of thiazole rings is 1. The number of carboxylic acids is 1. The number of aliphatic carboxylic acids is 1. The molecule has 0 bridgehead atoms. The number of fused-ring (bicyclic) bond motifs is 1. The smallest absolute Gasteiger partial charge is 0.416 e. The largest absolute Gasteiger partial charge is 0.489 e. The van der Waals surface area contributed by atoms with Gasteiger partial charge in [-0.05, 0) is 24.3 Å². The molecule has 2 aromatic carbocycles. The highest BCUT2D eigenvalue weighted by atomic mass is 32.2. The van der Waals surface area contributed by atoms with E-state index >= 15 is 0 Å². The highest BCUT2D eigenvalue weighted by Crippen LogP contribution is 2.34. The maximum Gasteiger partial charge on any atom is 0.416 e. The summed E-state index contributed by atoms with van der Waals surface area (Å²) in [4.78, 5) is 19.7. The second kappa shape index (κ2) is 7.68. The molecular formula is C19H13F3N2O3S2. The van der Waals surface area contributed by atoms with Crippen LogP contribution in [0.3, 0.4) is 0 Å². The van der Waals surface area contributed by atoms with Crippen molar-refractivity contribution in [2.24, 2.45) is 4.99 Å². The molecule has 1 unspecified atom stereocenters. The van der Waals surface area contributed by atoms with Crippen LogP contribution in [0, 0.1) is 0 Å². The van der Waals surface area contributed by atoms with Gasteiger partial charge in [0, 0.05) is 11.3 Å². The lowest BCUT2D eigenvalue weighted by molar-refractivity contribution is -0.139. The Hall–Kier alpha value is -2.59. The third-order valence-corrected chi connectivity index (χ3v) is 6.40. The zero-order chi connectivity index (χ0) is 20.6. The Balaban J connectivity index is 1.54. The van der Waals surface area contributed by atoms with Crippen molar-refractivity contribution in [2.75, 3.05) is 5.75 Å². The fourth-order valence-electron chi connectivity index (χ4n) is 2.79. The molecule has 4 rings (SSSR count). The fourth-order valence-corrected chi connectivity index (χ4v) is 4.88. The van der Waals surface area contributed by atoms with Crippen LogP contribution in [0.2, 0.25) is 0 Å². The molecule has 2 heterocycles. The van der Waals surface area contributed by atoms with Crippen LogP contribution in [0.25, 0.3) is 10.2 Å². The van der Waals surface area contributed by atoms with Gasteiger partial charge in [0.1, 0.15) is 22.4 Å². The molecular weight excluding hydrogens is 425 g/mol. The van der Waals surface area contributed by atoms with Gasteiger partial charge in [0.15, 0.2) is 6.04 Å². The summed E-state index contributed by atoms with van der Waals surface area (Å²) in [7, 11) is 0. The number of hydrogen-bond acceptors (Lipinski definition) is 6. The summed E-state index contributed by atoms with van der Waals surface area (Å²) in [6, 6.07) is 9.60. The maximum atomic E-state index is 13.1. The topological polar surface area (TPSA) is 71.8 Å². The highest BCUT2D eigenvalue weighted by Gasteiger charge is 2.33. The molecule has 29 heavy (non-hydrogen) atoms. The Morgan fingerprint density at radius 1 is 1.24 bits per heavy atom. The first-order chi connectivity index (χ1) is 13.8. The molecule has 1 aliphatic rings. The lowest BCUT2D eigenvalue weighted by Crippen LogP contribution is -2.17. The second-order valence-corrected chi connectivity index (χ2v) is 8.23. The number of thioether (sulfide) groups is 1. The van der Waals surface area contributed by atoms with Crippen LogP contribution in [0.15, 0.2) is 47.5 Å². The van der Waals surface area contributed by atoms with Gasteiger partial charge in [-0.25, -0.2) is 9.78 Å². The summed E-state index contributed by atoms with van der Waals surface area (Å²) >= 11 is 2.68. The van der Waals surface area contributed by atoms with Crippen molar-refractivity contribution in [2.45, 2.75) is 18.8 Å². The number of nitrogens with zero attached hydrogens (tertiary/aromatic N) is 2. The fraction of sp³-hybridized carbons (Fsp3) is 0.211. The number of ether oxygens (including phenoxy) is 1. The molecule has 1 atom stereocenters. The van der Waals surface area contributed by atoms with Gasteiger partial charge in [-0.15, -0.1) is 23.1 Å². The number of hydrogen-bond donors (Lipinski definition) is 1. The number of rotatable bonds is 5. The van der Waals surface area contributed by atoms with E-state index in [0.29, 0.717) is 27.1 Å². The number of benzene rings is 2. The SMILES string of the molecule is O=C(O)C1CSC(c2nc3ccc(OCc4ccccc4C(F)(F)F)cc3s2)=N1. The van der Waals surface area contributed by atoms with Crippen LogP contribution in [0.4, 0.5) is 13.2 Å². The number of carboxylic acid groups (broad SMARTS) is 1. The first kappa shape index (κ1) is 19.7. The quantitative estimate of drug-likeness (QED) is 0.617. The number of halogens is 3. The summed E-state index contributed by atoms with van der Waals surface area (Å²) in [6.45, 7) is -0.213. The first-order valence-corrected chi connectivity index (χ1v) is 10.2. The van der Waals surface area contributed by atoms with Crippen LogP contribution in [-0.2, 0) is 17.6 Å². The number of aromatic nitrogens is 1. The molecule has 0 saturated carbocycles. The summed E-state index contributed by atoms with van der Waals surface area (Å²) in [6.07, 6.45) is -4.44. The predicted molar refractivity (Wildman–Crippen MR) is 106 cm³/mol. The van der Waals surface area contributed by atoms with Gasteiger partial charge < -0.3 is 9.84 Å². The summed E-state index contributed by atoms with van der Waals surface area (Å²) < 4.78 is 45.7. The normalized spacial score (nSPS) is 16.8. The minimum Gasteiger partial charge on any atom is -0.489 e. The second-order valence-electron chi connectivity index (χ2n) is 6.19. The zero-order valence-electron chi connectivity index (χ0n) is 14.6. The van der Waals surface area contributed by atoms with Gasteiger partial charge in [-0.1, -0.05) is 18.2 Å². The van der Waals surface area contributed by atoms with E-state index in [1.807, 2.05) is 0 Å². The van der Waals surface area contributed by atoms with E-state index in [1.54, 1.807) is 18.2 Å². The summed E-state index contributed by atoms with van der Waals surface area (Å²) in [5.41, 5.74) is 0.0297. The summed E-state index contributed by atoms with van der Waals surface area (Å²) in [5, 5.41) is 10.3. The van der Waals surface area contributed by atoms with Gasteiger partial charge in [0.25, 0.3) is 0 Å². The van der Waals surface area contributed by atoms with Gasteiger partial charge in [-0.3, -0.25) is 4.99 Å². The molecule has 1 N–H and O–H groups in total. The van der Waals surface area contributed by atoms with Gasteiger partial charge in [0.2, 0.25) is 0 Å². The average molecular weight is 438 g/mol. The number of carbonyl (C=O) groups is 1. The molecule has 1 aromatic heterocycles. The lowest BCUT2D eigenvalue weighted by Gasteiger charge is -2.13. The molecule has 0 aliphatic carbocycles. The molecule has 0 amide bonds. The minimum atomic E-state index is -4.44. The van der Waals surface area contributed by atoms with Crippen LogP contribution in [0.1, 0.15) is 16.1 Å². The van der Waals surface area contributed by atoms with Crippen LogP contribution >= 0.6 is 23.1 Å². The Morgan fingerprint density at radius 2 is 2.03 bits per heavy atom. The van der Waals surface area contributed by atoms with Gasteiger partial charge >= 0.3 is 12.1 Å². The Kier molecular flexibility index (Phi) is 5.22. The van der Waals surface area contributed by atoms with Crippen LogP contribution in [0.5, 0.6) is 5.75 Å². The van der Waals surface area contributed by atoms with E-state index in [-0.39, 0.29) is 12.2 Å². The van der Waals surface area contributed by atoms with Crippen LogP contribution < -0.4 is 4.74 Å². The molecule has 0 spiro atoms. The van der Waals surface area contributed by atoms with E-state index in [0.717, 1.165) is 10.8 Å². The first-order valence-electron chi connectivity index (χ1n) is 8.43. The van der Waals surface area contributed by atoms with E-state index in [9.17, 15) is 18.0 Å². The minimum absolute atomic E-state index is 0.0570. The molecule has 3 aromatic rings. The highest BCUT2D eigenvalue weighted by molar-refractivity contribution is 8.15. The van der Waals surface area contributed by atoms with Crippen molar-refractivity contribution >= 4 is 44.3 Å². The Bertz CT molecular complexity index is 1110. The van der Waals surface area contributed by atoms with Crippen molar-refractivity contribution < 1.29 is 27.8 Å². The maximum absolute atomic E-state index is 13.1. The predicted octanol–water partition coefficient (Wildman–Crippen LogP) is 4.84. The zero-order valence-corrected chi connectivity index (χ0v) is 16.3. The van der Waals surface area contributed by atoms with Gasteiger partial charge in [0.05, 0.1) is 15.8 Å². The van der Waals surface area contributed by atoms with Crippen molar-refractivity contribution in [3.63, 3.8) is 0 Å². The molecule has 0 fully saturated rings. The number of alkyl halides is 3. The molecule has 1 aliphatic heterocycles. The average Bonchev–Trinajstić information content (AvgIpc) is 3.32. The van der Waals surface area contributed by atoms with E-state index in [1.165, 1.54) is 41.3 Å². The van der Waals surface area contributed by atoms with E-state index in [2.05, 4.69) is 9.98 Å². The standard InChI is InChI=1S/C19H13F3N2O3S2/c20-19(21,22)12-4-2-1-3-10(12)8-27-11-5-6-13-15(7-11)29-17(23-13)16-24-14(9-28-16)18(25)26/h1-7,14H,8-9H2,(H,25,26). The van der Waals surface area contributed by atoms with Crippen molar-refractivity contribution in [3.8, 4) is 5.75 Å². The number of aliphatic imine (C=N–C) groups is 1. The van der Waals surface area contributed by atoms with Crippen LogP contribution in [-0.4, -0.2) is 32.9 Å². The van der Waals surface area contributed by atoms with E-state index in [4.69, 9.17) is 9.84 Å². The Morgan fingerprint density at radius 3 is 2.76 bits per heavy atom. The molecule has 0 saturated heterocycles. The molecule has 5 nitrogen and oxygen atoms in total. The molecule has 0 radical (unpaired) electrons. The lowest BCUT2D eigenvalue weighted by atomic mass is 10.1. The molecule has 10 heteroatoms. The molecule has 150 valence electrons. The van der Waals surface area contributed by atoms with E-state index < -0.39 is 23.8 Å². The third-order valence-electron chi connectivity index (χ3n) is 4.20. The Labute approximate surface area is 171 Å². The van der Waals surface area contributed by atoms with Crippen molar-refractivity contribution in [1.82, 2.24) is 4.98 Å². The third kappa shape index (κ3) is 4.23. The van der Waals surface area contributed by atoms with Crippen molar-refractivity contribution in [3.05, 3.63) is 58.6 Å².